The van der Waals surface area contributed by atoms with E-state index in [9.17, 15) is 9.59 Å². The number of nitrogens with zero attached hydrogens (tertiary/aromatic N) is 3. The number of hydrogen-bond donors (Lipinski definition) is 1. The number of rotatable bonds is 3. The summed E-state index contributed by atoms with van der Waals surface area (Å²) in [5.74, 6) is 2.98. The minimum Gasteiger partial charge on any atom is -0.329 e. The van der Waals surface area contributed by atoms with Gasteiger partial charge in [-0.05, 0) is 69.1 Å². The van der Waals surface area contributed by atoms with Gasteiger partial charge in [-0.25, -0.2) is 9.97 Å². The first kappa shape index (κ1) is 17.8. The molecule has 0 aromatic carbocycles. The molecule has 152 valence electrons. The molecule has 7 rings (SSSR count). The van der Waals surface area contributed by atoms with Crippen LogP contribution in [-0.4, -0.2) is 32.3 Å². The van der Waals surface area contributed by atoms with E-state index in [2.05, 4.69) is 9.97 Å². The van der Waals surface area contributed by atoms with Crippen molar-refractivity contribution in [3.8, 4) is 0 Å². The molecule has 2 aromatic rings. The van der Waals surface area contributed by atoms with Crippen LogP contribution in [0.3, 0.4) is 0 Å². The van der Waals surface area contributed by atoms with Crippen LogP contribution in [-0.2, 0) is 5.41 Å². The van der Waals surface area contributed by atoms with Gasteiger partial charge in [-0.15, -0.1) is 11.3 Å². The molecule has 6 nitrogen and oxygen atoms in total. The van der Waals surface area contributed by atoms with Crippen LogP contribution in [0.15, 0.2) is 22.6 Å². The molecule has 0 radical (unpaired) electrons. The van der Waals surface area contributed by atoms with E-state index in [1.165, 1.54) is 19.3 Å². The van der Waals surface area contributed by atoms with Crippen LogP contribution in [0.1, 0.15) is 78.6 Å². The lowest BCUT2D eigenvalue weighted by atomic mass is 9.49. The first-order valence-electron chi connectivity index (χ1n) is 10.9. The third-order valence-electron chi connectivity index (χ3n) is 7.82. The Labute approximate surface area is 173 Å². The smallest absolute Gasteiger partial charge is 0.263 e. The van der Waals surface area contributed by atoms with Crippen molar-refractivity contribution in [3.05, 3.63) is 44.5 Å². The van der Waals surface area contributed by atoms with Gasteiger partial charge >= 0.3 is 0 Å². The summed E-state index contributed by atoms with van der Waals surface area (Å²) >= 11 is 1.57. The number of thiazole rings is 1. The molecule has 4 bridgehead atoms. The first-order valence-corrected chi connectivity index (χ1v) is 11.8. The first-order chi connectivity index (χ1) is 14.1. The molecule has 3 heterocycles. The SMILES string of the molecule is O=C(c1cnc(C23CC4CC(CC(C4)C2)C3)[nH]c1=O)N1CCC[C@@H]1c1nccs1. The zero-order valence-corrected chi connectivity index (χ0v) is 17.3. The Balaban J connectivity index is 1.29. The summed E-state index contributed by atoms with van der Waals surface area (Å²) in [5, 5.41) is 2.88. The summed E-state index contributed by atoms with van der Waals surface area (Å²) in [6, 6.07) is -0.0234. The molecule has 7 heteroatoms. The molecule has 1 aliphatic heterocycles. The van der Waals surface area contributed by atoms with Gasteiger partial charge in [-0.3, -0.25) is 9.59 Å². The van der Waals surface area contributed by atoms with Gasteiger partial charge in [0.25, 0.3) is 11.5 Å². The van der Waals surface area contributed by atoms with Crippen LogP contribution in [0, 0.1) is 17.8 Å². The fourth-order valence-electron chi connectivity index (χ4n) is 7.04. The van der Waals surface area contributed by atoms with Crippen molar-refractivity contribution < 1.29 is 4.79 Å². The number of aromatic nitrogens is 3. The largest absolute Gasteiger partial charge is 0.329 e. The van der Waals surface area contributed by atoms with E-state index in [-0.39, 0.29) is 28.5 Å². The summed E-state index contributed by atoms with van der Waals surface area (Å²) in [6.07, 6.45) is 12.7. The van der Waals surface area contributed by atoms with Crippen LogP contribution in [0.2, 0.25) is 0 Å². The quantitative estimate of drug-likeness (QED) is 0.837. The average molecular weight is 411 g/mol. The highest BCUT2D eigenvalue weighted by molar-refractivity contribution is 7.09. The standard InChI is InChI=1S/C22H26N4O2S/c27-18-16(20(28)26-4-1-2-17(26)19-23-3-5-29-19)12-24-21(25-18)22-9-13-6-14(10-22)8-15(7-13)11-22/h3,5,12-15,17H,1-2,4,6-11H2,(H,24,25,27)/t13?,14?,15?,17-,22?/m1/s1. The molecular formula is C22H26N4O2S. The summed E-state index contributed by atoms with van der Waals surface area (Å²) in [4.78, 5) is 40.1. The number of likely N-dealkylation sites (tertiary alicyclic amines) is 1. The maximum absolute atomic E-state index is 13.2. The predicted octanol–water partition coefficient (Wildman–Crippen LogP) is 3.67. The molecule has 2 aromatic heterocycles. The molecule has 1 N–H and O–H groups in total. The van der Waals surface area contributed by atoms with E-state index >= 15 is 0 Å². The predicted molar refractivity (Wildman–Crippen MR) is 110 cm³/mol. The van der Waals surface area contributed by atoms with Crippen molar-refractivity contribution >= 4 is 17.2 Å². The molecule has 4 saturated carbocycles. The van der Waals surface area contributed by atoms with Gasteiger partial charge in [0.15, 0.2) is 0 Å². The molecule has 29 heavy (non-hydrogen) atoms. The molecule has 1 atom stereocenters. The van der Waals surface area contributed by atoms with Gasteiger partial charge in [0.2, 0.25) is 0 Å². The Morgan fingerprint density at radius 2 is 1.86 bits per heavy atom. The number of carbonyl (C=O) groups excluding carboxylic acids is 1. The highest BCUT2D eigenvalue weighted by Crippen LogP contribution is 2.59. The summed E-state index contributed by atoms with van der Waals surface area (Å²) in [7, 11) is 0. The molecule has 0 spiro atoms. The van der Waals surface area contributed by atoms with Crippen LogP contribution in [0.25, 0.3) is 0 Å². The monoisotopic (exact) mass is 410 g/mol. The van der Waals surface area contributed by atoms with Crippen molar-refractivity contribution in [2.45, 2.75) is 62.8 Å². The minimum absolute atomic E-state index is 0.0234. The zero-order chi connectivity index (χ0) is 19.6. The highest BCUT2D eigenvalue weighted by atomic mass is 32.1. The topological polar surface area (TPSA) is 79.0 Å². The molecule has 1 amide bonds. The second-order valence-electron chi connectivity index (χ2n) is 9.70. The number of H-pyrrole nitrogens is 1. The van der Waals surface area contributed by atoms with E-state index in [4.69, 9.17) is 4.98 Å². The van der Waals surface area contributed by atoms with Crippen molar-refractivity contribution in [2.24, 2.45) is 17.8 Å². The third-order valence-corrected chi connectivity index (χ3v) is 8.70. The van der Waals surface area contributed by atoms with Gasteiger partial charge in [0.05, 0.1) is 6.04 Å². The number of amides is 1. The maximum atomic E-state index is 13.2. The molecular weight excluding hydrogens is 384 g/mol. The van der Waals surface area contributed by atoms with Crippen molar-refractivity contribution in [1.82, 2.24) is 19.9 Å². The van der Waals surface area contributed by atoms with Crippen LogP contribution in [0.4, 0.5) is 0 Å². The van der Waals surface area contributed by atoms with Crippen molar-refractivity contribution in [1.29, 1.82) is 0 Å². The highest BCUT2D eigenvalue weighted by Gasteiger charge is 2.53. The Bertz CT molecular complexity index is 963. The van der Waals surface area contributed by atoms with Crippen LogP contribution >= 0.6 is 11.3 Å². The van der Waals surface area contributed by atoms with Gasteiger partial charge in [-0.1, -0.05) is 0 Å². The second kappa shape index (κ2) is 6.49. The second-order valence-corrected chi connectivity index (χ2v) is 10.6. The van der Waals surface area contributed by atoms with Crippen LogP contribution < -0.4 is 5.56 Å². The number of carbonyl (C=O) groups is 1. The van der Waals surface area contributed by atoms with E-state index in [0.717, 1.165) is 60.7 Å². The fourth-order valence-corrected chi connectivity index (χ4v) is 7.82. The minimum atomic E-state index is -0.277. The fraction of sp³-hybridized carbons (Fsp3) is 0.636. The Kier molecular flexibility index (Phi) is 3.98. The Hall–Kier alpha value is -2.02. The summed E-state index contributed by atoms with van der Waals surface area (Å²) in [5.41, 5.74) is -0.0745. The average Bonchev–Trinajstić information content (AvgIpc) is 3.38. The van der Waals surface area contributed by atoms with Gasteiger partial charge in [0, 0.05) is 29.7 Å². The van der Waals surface area contributed by atoms with E-state index in [1.807, 2.05) is 5.38 Å². The van der Waals surface area contributed by atoms with E-state index < -0.39 is 0 Å². The summed E-state index contributed by atoms with van der Waals surface area (Å²) < 4.78 is 0. The normalized spacial score (nSPS) is 35.4. The zero-order valence-electron chi connectivity index (χ0n) is 16.5. The third kappa shape index (κ3) is 2.80. The maximum Gasteiger partial charge on any atom is 0.263 e. The molecule has 0 unspecified atom stereocenters. The lowest BCUT2D eigenvalue weighted by Crippen LogP contribution is -2.50. The van der Waals surface area contributed by atoms with Crippen LogP contribution in [0.5, 0.6) is 0 Å². The van der Waals surface area contributed by atoms with E-state index in [1.54, 1.807) is 28.6 Å². The Morgan fingerprint density at radius 1 is 1.14 bits per heavy atom. The van der Waals surface area contributed by atoms with Gasteiger partial charge in [0.1, 0.15) is 16.4 Å². The molecule has 5 aliphatic rings. The van der Waals surface area contributed by atoms with Gasteiger partial charge in [-0.2, -0.15) is 0 Å². The number of hydrogen-bond acceptors (Lipinski definition) is 5. The molecule has 5 fully saturated rings. The van der Waals surface area contributed by atoms with Crippen molar-refractivity contribution in [3.63, 3.8) is 0 Å². The Morgan fingerprint density at radius 3 is 2.48 bits per heavy atom. The van der Waals surface area contributed by atoms with Crippen molar-refractivity contribution in [2.75, 3.05) is 6.54 Å². The molecule has 4 aliphatic carbocycles. The lowest BCUT2D eigenvalue weighted by Gasteiger charge is -2.56. The number of aromatic amines is 1. The van der Waals surface area contributed by atoms with E-state index in [0.29, 0.717) is 6.54 Å². The lowest BCUT2D eigenvalue weighted by molar-refractivity contribution is -0.00955. The van der Waals surface area contributed by atoms with Gasteiger partial charge < -0.3 is 9.88 Å². The number of nitrogens with one attached hydrogen (secondary N) is 1. The summed E-state index contributed by atoms with van der Waals surface area (Å²) in [6.45, 7) is 0.666. The molecule has 1 saturated heterocycles.